The molecule has 1 aromatic rings. The van der Waals surface area contributed by atoms with Gasteiger partial charge in [-0.2, -0.15) is 0 Å². The summed E-state index contributed by atoms with van der Waals surface area (Å²) in [6, 6.07) is 3.26. The number of rotatable bonds is 8. The van der Waals surface area contributed by atoms with E-state index >= 15 is 0 Å². The van der Waals surface area contributed by atoms with Crippen LogP contribution in [-0.4, -0.2) is 30.6 Å². The van der Waals surface area contributed by atoms with Crippen LogP contribution in [0.1, 0.15) is 71.9 Å². The number of hydrogen-bond acceptors (Lipinski definition) is 5. The second-order valence-electron chi connectivity index (χ2n) is 9.56. The molecule has 0 bridgehead atoms. The molecule has 0 fully saturated rings. The largest absolute Gasteiger partial charge is 0.508 e. The van der Waals surface area contributed by atoms with E-state index in [1.807, 2.05) is 13.8 Å². The monoisotopic (exact) mass is 400 g/mol. The van der Waals surface area contributed by atoms with E-state index < -0.39 is 7.60 Å². The Morgan fingerprint density at radius 3 is 1.93 bits per heavy atom. The van der Waals surface area contributed by atoms with E-state index in [4.69, 9.17) is 9.05 Å². The van der Waals surface area contributed by atoms with Crippen LogP contribution in [0.3, 0.4) is 0 Å². The summed E-state index contributed by atoms with van der Waals surface area (Å²) < 4.78 is 22.8. The van der Waals surface area contributed by atoms with Crippen molar-refractivity contribution in [3.63, 3.8) is 0 Å². The third-order valence-corrected chi connectivity index (χ3v) is 6.98. The lowest BCUT2D eigenvalue weighted by atomic mass is 9.71. The van der Waals surface area contributed by atoms with Crippen molar-refractivity contribution in [2.75, 3.05) is 20.4 Å². The Morgan fingerprint density at radius 2 is 1.52 bits per heavy atom. The second kappa shape index (κ2) is 8.55. The van der Waals surface area contributed by atoms with Gasteiger partial charge in [-0.15, -0.1) is 0 Å². The summed E-state index contributed by atoms with van der Waals surface area (Å²) in [5.41, 5.74) is 1.05. The van der Waals surface area contributed by atoms with Crippen molar-refractivity contribution in [2.24, 2.45) is 11.3 Å². The van der Waals surface area contributed by atoms with Crippen molar-refractivity contribution in [3.05, 3.63) is 23.3 Å². The highest BCUT2D eigenvalue weighted by atomic mass is 31.2. The molecule has 0 aliphatic carbocycles. The Kier molecular flexibility index (Phi) is 7.60. The lowest BCUT2D eigenvalue weighted by molar-refractivity contribution is 0.269. The van der Waals surface area contributed by atoms with Gasteiger partial charge in [-0.1, -0.05) is 48.5 Å². The molecule has 27 heavy (non-hydrogen) atoms. The molecule has 0 spiro atoms. The van der Waals surface area contributed by atoms with Crippen LogP contribution < -0.4 is 0 Å². The predicted molar refractivity (Wildman–Crippen MR) is 111 cm³/mol. The lowest BCUT2D eigenvalue weighted by Gasteiger charge is -2.34. The predicted octanol–water partition coefficient (Wildman–Crippen LogP) is 6.04. The fraction of sp³-hybridized carbons (Fsp3) is 0.714. The summed E-state index contributed by atoms with van der Waals surface area (Å²) >= 11 is 0. The molecular weight excluding hydrogens is 363 g/mol. The van der Waals surface area contributed by atoms with Crippen LogP contribution >= 0.6 is 7.60 Å². The van der Waals surface area contributed by atoms with Gasteiger partial charge in [-0.25, -0.2) is 0 Å². The van der Waals surface area contributed by atoms with Gasteiger partial charge in [0, 0.05) is 31.3 Å². The van der Waals surface area contributed by atoms with Crippen LogP contribution in [0.15, 0.2) is 12.1 Å². The van der Waals surface area contributed by atoms with Crippen LogP contribution in [0, 0.1) is 11.3 Å². The van der Waals surface area contributed by atoms with Crippen molar-refractivity contribution >= 4 is 7.60 Å². The maximum atomic E-state index is 12.6. The summed E-state index contributed by atoms with van der Waals surface area (Å²) in [6.45, 7) is 14.6. The fourth-order valence-corrected chi connectivity index (χ4v) is 5.53. The van der Waals surface area contributed by atoms with Crippen molar-refractivity contribution in [1.82, 2.24) is 0 Å². The molecular formula is C21H37O5P. The van der Waals surface area contributed by atoms with Crippen LogP contribution in [0.2, 0.25) is 0 Å². The van der Waals surface area contributed by atoms with Gasteiger partial charge in [0.1, 0.15) is 11.5 Å². The molecule has 0 aliphatic heterocycles. The molecule has 156 valence electrons. The molecule has 1 atom stereocenters. The molecule has 0 saturated heterocycles. The summed E-state index contributed by atoms with van der Waals surface area (Å²) in [7, 11) is -0.540. The zero-order valence-electron chi connectivity index (χ0n) is 18.3. The molecule has 0 aromatic heterocycles. The normalized spacial score (nSPS) is 14.6. The Balaban J connectivity index is 3.38. The highest BCUT2D eigenvalue weighted by Gasteiger charge is 2.34. The zero-order valence-corrected chi connectivity index (χ0v) is 19.2. The molecule has 0 saturated carbocycles. The van der Waals surface area contributed by atoms with Crippen LogP contribution in [0.4, 0.5) is 0 Å². The van der Waals surface area contributed by atoms with Crippen molar-refractivity contribution in [1.29, 1.82) is 0 Å². The SMILES string of the molecule is COP(=O)(CC(c1cc(O)c(C(C)(C)CC(C)(C)C)cc1O)C(C)C)OC. The first kappa shape index (κ1) is 24.0. The summed E-state index contributed by atoms with van der Waals surface area (Å²) in [4.78, 5) is 0. The average molecular weight is 400 g/mol. The smallest absolute Gasteiger partial charge is 0.330 e. The van der Waals surface area contributed by atoms with Gasteiger partial charge in [0.2, 0.25) is 0 Å². The molecule has 1 aromatic carbocycles. The Morgan fingerprint density at radius 1 is 1.00 bits per heavy atom. The van der Waals surface area contributed by atoms with E-state index in [-0.39, 0.29) is 40.3 Å². The minimum absolute atomic E-state index is 0.0716. The molecule has 0 aliphatic rings. The Labute approximate surface area is 164 Å². The van der Waals surface area contributed by atoms with Crippen LogP contribution in [0.25, 0.3) is 0 Å². The maximum Gasteiger partial charge on any atom is 0.330 e. The van der Waals surface area contributed by atoms with Crippen molar-refractivity contribution in [3.8, 4) is 11.5 Å². The number of phenols is 2. The van der Waals surface area contributed by atoms with E-state index in [1.165, 1.54) is 14.2 Å². The first-order valence-corrected chi connectivity index (χ1v) is 11.2. The zero-order chi connectivity index (χ0) is 21.2. The first-order chi connectivity index (χ1) is 12.2. The highest BCUT2D eigenvalue weighted by molar-refractivity contribution is 7.53. The van der Waals surface area contributed by atoms with Crippen LogP contribution in [0.5, 0.6) is 11.5 Å². The lowest BCUT2D eigenvalue weighted by Crippen LogP contribution is -2.25. The molecule has 5 nitrogen and oxygen atoms in total. The third kappa shape index (κ3) is 6.23. The van der Waals surface area contributed by atoms with E-state index in [0.717, 1.165) is 6.42 Å². The molecule has 0 heterocycles. The van der Waals surface area contributed by atoms with Gasteiger partial charge in [0.05, 0.1) is 6.16 Å². The van der Waals surface area contributed by atoms with Gasteiger partial charge < -0.3 is 19.3 Å². The quantitative estimate of drug-likeness (QED) is 0.411. The molecule has 2 N–H and O–H groups in total. The minimum atomic E-state index is -3.26. The number of phenolic OH excluding ortho intramolecular Hbond substituents is 2. The minimum Gasteiger partial charge on any atom is -0.508 e. The molecule has 6 heteroatoms. The average Bonchev–Trinajstić information content (AvgIpc) is 2.51. The number of benzene rings is 1. The van der Waals surface area contributed by atoms with E-state index in [2.05, 4.69) is 34.6 Å². The number of hydrogen-bond donors (Lipinski definition) is 2. The van der Waals surface area contributed by atoms with Gasteiger partial charge in [0.25, 0.3) is 0 Å². The third-order valence-electron chi connectivity index (χ3n) is 5.03. The fourth-order valence-electron chi connectivity index (χ4n) is 3.99. The van der Waals surface area contributed by atoms with E-state index in [0.29, 0.717) is 11.1 Å². The van der Waals surface area contributed by atoms with Crippen LogP contribution in [-0.2, 0) is 19.0 Å². The summed E-state index contributed by atoms with van der Waals surface area (Å²) in [5, 5.41) is 21.5. The first-order valence-electron chi connectivity index (χ1n) is 9.42. The standard InChI is InChI=1S/C21H37O5P/c1-14(2)16(12-27(24,25-8)26-9)15-10-19(23)17(11-18(15)22)21(6,7)13-20(3,4)5/h10-11,14,16,22-23H,12-13H2,1-9H3. The number of aromatic hydroxyl groups is 2. The van der Waals surface area contributed by atoms with E-state index in [1.54, 1.807) is 12.1 Å². The molecule has 0 radical (unpaired) electrons. The summed E-state index contributed by atoms with van der Waals surface area (Å²) in [6.07, 6.45) is 0.984. The molecule has 1 unspecified atom stereocenters. The molecule has 1 rings (SSSR count). The van der Waals surface area contributed by atoms with Crippen molar-refractivity contribution < 1.29 is 23.8 Å². The van der Waals surface area contributed by atoms with Gasteiger partial charge in [-0.05, 0) is 35.3 Å². The maximum absolute atomic E-state index is 12.6. The van der Waals surface area contributed by atoms with Gasteiger partial charge in [-0.3, -0.25) is 4.57 Å². The van der Waals surface area contributed by atoms with Gasteiger partial charge in [0.15, 0.2) is 0 Å². The van der Waals surface area contributed by atoms with E-state index in [9.17, 15) is 14.8 Å². The van der Waals surface area contributed by atoms with Gasteiger partial charge >= 0.3 is 7.60 Å². The van der Waals surface area contributed by atoms with Crippen molar-refractivity contribution in [2.45, 2.75) is 66.2 Å². The second-order valence-corrected chi connectivity index (χ2v) is 11.9. The summed E-state index contributed by atoms with van der Waals surface area (Å²) in [5.74, 6) is 0.0402. The molecule has 0 amide bonds. The topological polar surface area (TPSA) is 76.0 Å². The Bertz CT molecular complexity index is 681. The highest BCUT2D eigenvalue weighted by Crippen LogP contribution is 2.53. The Hall–Kier alpha value is -1.03.